The number of nitrogens with zero attached hydrogens (tertiary/aromatic N) is 1. The van der Waals surface area contributed by atoms with Crippen LogP contribution in [0.3, 0.4) is 0 Å². The minimum atomic E-state index is -3.59. The summed E-state index contributed by atoms with van der Waals surface area (Å²) in [5, 5.41) is 0.978. The van der Waals surface area contributed by atoms with Crippen molar-refractivity contribution in [3.63, 3.8) is 0 Å². The lowest BCUT2D eigenvalue weighted by Gasteiger charge is -2.26. The molecule has 1 fully saturated rings. The van der Waals surface area contributed by atoms with Crippen LogP contribution in [0.25, 0.3) is 10.9 Å². The minimum absolute atomic E-state index is 0.0152. The first-order chi connectivity index (χ1) is 14.3. The number of rotatable bonds is 5. The van der Waals surface area contributed by atoms with Crippen molar-refractivity contribution in [1.82, 2.24) is 9.29 Å². The van der Waals surface area contributed by atoms with Crippen LogP contribution in [-0.2, 0) is 26.1 Å². The Morgan fingerprint density at radius 1 is 1.13 bits per heavy atom. The molecular weight excluding hydrogens is 404 g/mol. The molecule has 30 heavy (non-hydrogen) atoms. The van der Waals surface area contributed by atoms with Crippen molar-refractivity contribution < 1.29 is 22.7 Å². The summed E-state index contributed by atoms with van der Waals surface area (Å²) in [4.78, 5) is 15.8. The van der Waals surface area contributed by atoms with E-state index in [4.69, 9.17) is 9.47 Å². The molecule has 1 aromatic heterocycles. The van der Waals surface area contributed by atoms with Crippen molar-refractivity contribution in [2.24, 2.45) is 0 Å². The third-order valence-corrected chi connectivity index (χ3v) is 7.08. The van der Waals surface area contributed by atoms with Gasteiger partial charge in [0.1, 0.15) is 12.3 Å². The predicted molar refractivity (Wildman–Crippen MR) is 113 cm³/mol. The Bertz CT molecular complexity index is 1190. The van der Waals surface area contributed by atoms with Gasteiger partial charge >= 0.3 is 5.97 Å². The topological polar surface area (TPSA) is 88.7 Å². The maximum Gasteiger partial charge on any atom is 0.355 e. The van der Waals surface area contributed by atoms with Crippen molar-refractivity contribution in [2.45, 2.75) is 25.3 Å². The molecule has 0 spiro atoms. The molecule has 2 heterocycles. The highest BCUT2D eigenvalue weighted by Gasteiger charge is 2.26. The molecule has 0 atom stereocenters. The molecule has 1 N–H and O–H groups in total. The largest absolute Gasteiger partial charge is 0.456 e. The van der Waals surface area contributed by atoms with Gasteiger partial charge in [-0.2, -0.15) is 4.31 Å². The zero-order valence-electron chi connectivity index (χ0n) is 17.0. The highest BCUT2D eigenvalue weighted by atomic mass is 32.2. The number of esters is 1. The summed E-state index contributed by atoms with van der Waals surface area (Å²) in [6, 6.07) is 12.3. The SMILES string of the molecule is Cc1cc(C)c2cc(C(=O)OCc3cccc(S(=O)(=O)N4CCOCC4)c3)[nH]c2c1. The van der Waals surface area contributed by atoms with Crippen LogP contribution in [0.5, 0.6) is 0 Å². The third-order valence-electron chi connectivity index (χ3n) is 5.19. The fourth-order valence-electron chi connectivity index (χ4n) is 3.67. The van der Waals surface area contributed by atoms with Crippen LogP contribution in [0, 0.1) is 13.8 Å². The Morgan fingerprint density at radius 2 is 1.90 bits per heavy atom. The monoisotopic (exact) mass is 428 g/mol. The molecule has 0 unspecified atom stereocenters. The predicted octanol–water partition coefficient (Wildman–Crippen LogP) is 3.16. The fraction of sp³-hybridized carbons (Fsp3) is 0.318. The molecule has 8 heteroatoms. The van der Waals surface area contributed by atoms with E-state index < -0.39 is 16.0 Å². The van der Waals surface area contributed by atoms with E-state index in [9.17, 15) is 13.2 Å². The van der Waals surface area contributed by atoms with Crippen molar-refractivity contribution in [3.05, 3.63) is 64.8 Å². The van der Waals surface area contributed by atoms with E-state index in [0.29, 0.717) is 37.6 Å². The van der Waals surface area contributed by atoms with Crippen molar-refractivity contribution in [2.75, 3.05) is 26.3 Å². The lowest BCUT2D eigenvalue weighted by molar-refractivity contribution is 0.0466. The lowest BCUT2D eigenvalue weighted by atomic mass is 10.1. The number of hydrogen-bond donors (Lipinski definition) is 1. The summed E-state index contributed by atoms with van der Waals surface area (Å²) in [5.41, 5.74) is 4.07. The van der Waals surface area contributed by atoms with Crippen LogP contribution < -0.4 is 0 Å². The number of carbonyl (C=O) groups excluding carboxylic acids is 1. The zero-order valence-corrected chi connectivity index (χ0v) is 17.8. The number of hydrogen-bond acceptors (Lipinski definition) is 5. The normalized spacial score (nSPS) is 15.4. The van der Waals surface area contributed by atoms with E-state index in [-0.39, 0.29) is 11.5 Å². The van der Waals surface area contributed by atoms with Gasteiger partial charge in [-0.3, -0.25) is 0 Å². The summed E-state index contributed by atoms with van der Waals surface area (Å²) < 4.78 is 37.7. The summed E-state index contributed by atoms with van der Waals surface area (Å²) in [5.74, 6) is -0.482. The molecule has 1 aliphatic rings. The second-order valence-electron chi connectivity index (χ2n) is 7.47. The van der Waals surface area contributed by atoms with Gasteiger partial charge in [-0.15, -0.1) is 0 Å². The molecule has 2 aromatic carbocycles. The van der Waals surface area contributed by atoms with E-state index in [1.165, 1.54) is 4.31 Å². The molecule has 0 bridgehead atoms. The van der Waals surface area contributed by atoms with Crippen LogP contribution in [0.1, 0.15) is 27.2 Å². The maximum atomic E-state index is 12.8. The smallest absolute Gasteiger partial charge is 0.355 e. The number of sulfonamides is 1. The van der Waals surface area contributed by atoms with Gasteiger partial charge in [-0.05, 0) is 54.8 Å². The number of aromatic amines is 1. The molecule has 0 radical (unpaired) electrons. The van der Waals surface area contributed by atoms with E-state index in [1.54, 1.807) is 30.3 Å². The third kappa shape index (κ3) is 4.12. The van der Waals surface area contributed by atoms with Crippen LogP contribution in [-0.4, -0.2) is 50.0 Å². The van der Waals surface area contributed by atoms with Gasteiger partial charge in [0, 0.05) is 24.0 Å². The van der Waals surface area contributed by atoms with Crippen LogP contribution in [0.15, 0.2) is 47.4 Å². The fourth-order valence-corrected chi connectivity index (χ4v) is 5.15. The quantitative estimate of drug-likeness (QED) is 0.631. The minimum Gasteiger partial charge on any atom is -0.456 e. The van der Waals surface area contributed by atoms with E-state index in [0.717, 1.165) is 22.0 Å². The second-order valence-corrected chi connectivity index (χ2v) is 9.40. The summed E-state index contributed by atoms with van der Waals surface area (Å²) in [6.07, 6.45) is 0. The van der Waals surface area contributed by atoms with Gasteiger partial charge in [0.05, 0.1) is 18.1 Å². The lowest BCUT2D eigenvalue weighted by Crippen LogP contribution is -2.40. The number of aryl methyl sites for hydroxylation is 2. The number of nitrogens with one attached hydrogen (secondary N) is 1. The van der Waals surface area contributed by atoms with E-state index in [1.807, 2.05) is 19.9 Å². The molecule has 0 amide bonds. The standard InChI is InChI=1S/C22H24N2O5S/c1-15-10-16(2)19-13-21(23-20(19)11-15)22(25)29-14-17-4-3-5-18(12-17)30(26,27)24-6-8-28-9-7-24/h3-5,10-13,23H,6-9,14H2,1-2H3. The molecule has 3 aromatic rings. The number of H-pyrrole nitrogens is 1. The van der Waals surface area contributed by atoms with Gasteiger partial charge in [0.25, 0.3) is 0 Å². The Balaban J connectivity index is 1.48. The molecule has 4 rings (SSSR count). The van der Waals surface area contributed by atoms with Crippen LogP contribution in [0.2, 0.25) is 0 Å². The molecule has 0 saturated carbocycles. The molecule has 1 saturated heterocycles. The first kappa shape index (κ1) is 20.6. The van der Waals surface area contributed by atoms with Gasteiger partial charge in [-0.25, -0.2) is 13.2 Å². The number of fused-ring (bicyclic) bond motifs is 1. The van der Waals surface area contributed by atoms with Gasteiger partial charge in [-0.1, -0.05) is 18.2 Å². The van der Waals surface area contributed by atoms with Gasteiger partial charge < -0.3 is 14.5 Å². The van der Waals surface area contributed by atoms with Gasteiger partial charge in [0.15, 0.2) is 0 Å². The zero-order chi connectivity index (χ0) is 21.3. The summed E-state index contributed by atoms with van der Waals surface area (Å²) >= 11 is 0. The first-order valence-corrected chi connectivity index (χ1v) is 11.2. The average Bonchev–Trinajstić information content (AvgIpc) is 3.17. The van der Waals surface area contributed by atoms with Crippen LogP contribution in [0.4, 0.5) is 0 Å². The number of carbonyl (C=O) groups is 1. The summed E-state index contributed by atoms with van der Waals surface area (Å²) in [6.45, 7) is 5.43. The Morgan fingerprint density at radius 3 is 2.67 bits per heavy atom. The first-order valence-electron chi connectivity index (χ1n) is 9.78. The molecule has 7 nitrogen and oxygen atoms in total. The molecule has 1 aliphatic heterocycles. The molecule has 0 aliphatic carbocycles. The van der Waals surface area contributed by atoms with E-state index >= 15 is 0 Å². The highest BCUT2D eigenvalue weighted by molar-refractivity contribution is 7.89. The number of ether oxygens (including phenoxy) is 2. The van der Waals surface area contributed by atoms with Crippen LogP contribution >= 0.6 is 0 Å². The Kier molecular flexibility index (Phi) is 5.64. The average molecular weight is 429 g/mol. The summed E-state index contributed by atoms with van der Waals surface area (Å²) in [7, 11) is -3.59. The van der Waals surface area contributed by atoms with Crippen molar-refractivity contribution >= 4 is 26.9 Å². The van der Waals surface area contributed by atoms with Crippen molar-refractivity contribution in [1.29, 1.82) is 0 Å². The van der Waals surface area contributed by atoms with E-state index in [2.05, 4.69) is 11.1 Å². The Labute approximate surface area is 175 Å². The number of aromatic nitrogens is 1. The second kappa shape index (κ2) is 8.22. The van der Waals surface area contributed by atoms with Crippen molar-refractivity contribution in [3.8, 4) is 0 Å². The molecule has 158 valence electrons. The van der Waals surface area contributed by atoms with Gasteiger partial charge in [0.2, 0.25) is 10.0 Å². The highest BCUT2D eigenvalue weighted by Crippen LogP contribution is 2.23. The Hall–Kier alpha value is -2.68. The number of morpholine rings is 1. The maximum absolute atomic E-state index is 12.8. The molecular formula is C22H24N2O5S. The number of benzene rings is 2.